The highest BCUT2D eigenvalue weighted by atomic mass is 16.5. The lowest BCUT2D eigenvalue weighted by Gasteiger charge is -2.26. The minimum Gasteiger partial charge on any atom is -0.494 e. The van der Waals surface area contributed by atoms with Gasteiger partial charge in [-0.15, -0.1) is 0 Å². The molecule has 0 aliphatic carbocycles. The molecule has 0 aromatic heterocycles. The van der Waals surface area contributed by atoms with Gasteiger partial charge in [-0.2, -0.15) is 0 Å². The zero-order valence-corrected chi connectivity index (χ0v) is 17.2. The molecule has 2 nitrogen and oxygen atoms in total. The fraction of sp³-hybridized carbons (Fsp3) is 0.750. The van der Waals surface area contributed by atoms with E-state index >= 15 is 0 Å². The van der Waals surface area contributed by atoms with Crippen molar-refractivity contribution in [2.24, 2.45) is 0 Å². The zero-order valence-electron chi connectivity index (χ0n) is 17.2. The summed E-state index contributed by atoms with van der Waals surface area (Å²) in [4.78, 5) is 2.57. The van der Waals surface area contributed by atoms with Crippen LogP contribution < -0.4 is 4.74 Å². The lowest BCUT2D eigenvalue weighted by Crippen LogP contribution is -2.28. The van der Waals surface area contributed by atoms with Crippen LogP contribution in [0.1, 0.15) is 96.0 Å². The van der Waals surface area contributed by atoms with E-state index in [2.05, 4.69) is 36.1 Å². The number of benzene rings is 1. The van der Waals surface area contributed by atoms with E-state index < -0.39 is 0 Å². The molecule has 1 saturated heterocycles. The van der Waals surface area contributed by atoms with Crippen LogP contribution in [0, 0.1) is 0 Å². The topological polar surface area (TPSA) is 12.5 Å². The molecule has 0 amide bonds. The molecule has 0 radical (unpaired) electrons. The fourth-order valence-electron chi connectivity index (χ4n) is 3.85. The summed E-state index contributed by atoms with van der Waals surface area (Å²) in [5.74, 6) is 1.03. The molecule has 0 bridgehead atoms. The van der Waals surface area contributed by atoms with Crippen LogP contribution in [0.3, 0.4) is 0 Å². The molecular formula is C24H41NO. The van der Waals surface area contributed by atoms with Gasteiger partial charge in [0.2, 0.25) is 0 Å². The Morgan fingerprint density at radius 2 is 1.31 bits per heavy atom. The molecule has 1 aromatic carbocycles. The number of unbranched alkanes of at least 4 members (excludes halogenated alkanes) is 9. The molecule has 2 rings (SSSR count). The van der Waals surface area contributed by atoms with E-state index in [1.165, 1.54) is 102 Å². The molecule has 1 aliphatic rings. The number of ether oxygens (including phenoxy) is 1. The Labute approximate surface area is 162 Å². The van der Waals surface area contributed by atoms with Gasteiger partial charge in [0.05, 0.1) is 6.61 Å². The smallest absolute Gasteiger partial charge is 0.119 e. The van der Waals surface area contributed by atoms with E-state index in [-0.39, 0.29) is 0 Å². The van der Waals surface area contributed by atoms with Crippen molar-refractivity contribution in [1.29, 1.82) is 0 Å². The maximum atomic E-state index is 5.91. The normalized spacial score (nSPS) is 15.3. The molecule has 0 N–H and O–H groups in total. The molecular weight excluding hydrogens is 318 g/mol. The molecule has 1 aliphatic heterocycles. The highest BCUT2D eigenvalue weighted by Gasteiger charge is 2.10. The summed E-state index contributed by atoms with van der Waals surface area (Å²) in [6, 6.07) is 8.77. The van der Waals surface area contributed by atoms with E-state index in [1.807, 2.05) is 0 Å². The highest BCUT2D eigenvalue weighted by Crippen LogP contribution is 2.17. The quantitative estimate of drug-likeness (QED) is 0.332. The van der Waals surface area contributed by atoms with E-state index in [9.17, 15) is 0 Å². The standard InChI is InChI=1S/C24H41NO/c1-2-3-4-5-6-7-8-9-10-14-21-26-24-17-15-23(16-18-24)22-25-19-12-11-13-20-25/h15-18H,2-14,19-22H2,1H3. The summed E-state index contributed by atoms with van der Waals surface area (Å²) < 4.78 is 5.91. The van der Waals surface area contributed by atoms with E-state index in [4.69, 9.17) is 4.74 Å². The number of likely N-dealkylation sites (tertiary alicyclic amines) is 1. The Morgan fingerprint density at radius 1 is 0.731 bits per heavy atom. The van der Waals surface area contributed by atoms with Gasteiger partial charge in [0.25, 0.3) is 0 Å². The van der Waals surface area contributed by atoms with Crippen molar-refractivity contribution in [2.75, 3.05) is 19.7 Å². The van der Waals surface area contributed by atoms with Crippen LogP contribution in [0.5, 0.6) is 5.75 Å². The summed E-state index contributed by atoms with van der Waals surface area (Å²) in [6.45, 7) is 6.76. The number of rotatable bonds is 14. The van der Waals surface area contributed by atoms with Crippen LogP contribution in [-0.4, -0.2) is 24.6 Å². The first-order valence-corrected chi connectivity index (χ1v) is 11.3. The summed E-state index contributed by atoms with van der Waals surface area (Å²) in [5, 5.41) is 0. The Balaban J connectivity index is 1.45. The van der Waals surface area contributed by atoms with Crippen LogP contribution in [0.25, 0.3) is 0 Å². The average Bonchev–Trinajstić information content (AvgIpc) is 2.68. The Kier molecular flexibility index (Phi) is 11.5. The van der Waals surface area contributed by atoms with Gasteiger partial charge >= 0.3 is 0 Å². The van der Waals surface area contributed by atoms with Crippen LogP contribution in [0.15, 0.2) is 24.3 Å². The molecule has 0 atom stereocenters. The SMILES string of the molecule is CCCCCCCCCCCCOc1ccc(CN2CCCCC2)cc1. The summed E-state index contributed by atoms with van der Waals surface area (Å²) >= 11 is 0. The monoisotopic (exact) mass is 359 g/mol. The van der Waals surface area contributed by atoms with Gasteiger partial charge in [-0.05, 0) is 50.0 Å². The van der Waals surface area contributed by atoms with Crippen molar-refractivity contribution in [3.63, 3.8) is 0 Å². The first-order chi connectivity index (χ1) is 12.9. The molecule has 2 heteroatoms. The second kappa shape index (κ2) is 14.1. The molecule has 26 heavy (non-hydrogen) atoms. The van der Waals surface area contributed by atoms with Crippen LogP contribution in [0.2, 0.25) is 0 Å². The van der Waals surface area contributed by atoms with Crippen LogP contribution in [-0.2, 0) is 6.54 Å². The van der Waals surface area contributed by atoms with Crippen molar-refractivity contribution < 1.29 is 4.74 Å². The first-order valence-electron chi connectivity index (χ1n) is 11.3. The lowest BCUT2D eigenvalue weighted by atomic mass is 10.1. The summed E-state index contributed by atoms with van der Waals surface area (Å²) in [6.07, 6.45) is 17.9. The molecule has 1 heterocycles. The Bertz CT molecular complexity index is 436. The average molecular weight is 360 g/mol. The summed E-state index contributed by atoms with van der Waals surface area (Å²) in [5.41, 5.74) is 1.41. The van der Waals surface area contributed by atoms with E-state index in [0.29, 0.717) is 0 Å². The van der Waals surface area contributed by atoms with Crippen molar-refractivity contribution in [1.82, 2.24) is 4.90 Å². The first kappa shape index (κ1) is 21.3. The fourth-order valence-corrected chi connectivity index (χ4v) is 3.85. The highest BCUT2D eigenvalue weighted by molar-refractivity contribution is 5.27. The molecule has 0 spiro atoms. The largest absolute Gasteiger partial charge is 0.494 e. The number of piperidine rings is 1. The number of hydrogen-bond acceptors (Lipinski definition) is 2. The van der Waals surface area contributed by atoms with Gasteiger partial charge in [0.15, 0.2) is 0 Å². The minimum atomic E-state index is 0.863. The third-order valence-electron chi connectivity index (χ3n) is 5.54. The number of nitrogens with zero attached hydrogens (tertiary/aromatic N) is 1. The predicted octanol–water partition coefficient (Wildman–Crippen LogP) is 6.97. The molecule has 1 fully saturated rings. The lowest BCUT2D eigenvalue weighted by molar-refractivity contribution is 0.221. The van der Waals surface area contributed by atoms with Gasteiger partial charge in [-0.3, -0.25) is 4.90 Å². The second-order valence-electron chi connectivity index (χ2n) is 8.01. The van der Waals surface area contributed by atoms with E-state index in [0.717, 1.165) is 18.9 Å². The second-order valence-corrected chi connectivity index (χ2v) is 8.01. The van der Waals surface area contributed by atoms with Crippen molar-refractivity contribution in [3.05, 3.63) is 29.8 Å². The van der Waals surface area contributed by atoms with E-state index in [1.54, 1.807) is 0 Å². The maximum Gasteiger partial charge on any atom is 0.119 e. The molecule has 1 aromatic rings. The van der Waals surface area contributed by atoms with Crippen molar-refractivity contribution in [3.8, 4) is 5.75 Å². The van der Waals surface area contributed by atoms with Gasteiger partial charge in [0.1, 0.15) is 5.75 Å². The van der Waals surface area contributed by atoms with Gasteiger partial charge < -0.3 is 4.74 Å². The zero-order chi connectivity index (χ0) is 18.3. The Morgan fingerprint density at radius 3 is 1.92 bits per heavy atom. The third-order valence-corrected chi connectivity index (χ3v) is 5.54. The Hall–Kier alpha value is -1.02. The van der Waals surface area contributed by atoms with Crippen LogP contribution in [0.4, 0.5) is 0 Å². The molecule has 0 unspecified atom stereocenters. The van der Waals surface area contributed by atoms with Crippen molar-refractivity contribution >= 4 is 0 Å². The minimum absolute atomic E-state index is 0.863. The maximum absolute atomic E-state index is 5.91. The summed E-state index contributed by atoms with van der Waals surface area (Å²) in [7, 11) is 0. The van der Waals surface area contributed by atoms with Crippen LogP contribution >= 0.6 is 0 Å². The third kappa shape index (κ3) is 9.62. The van der Waals surface area contributed by atoms with Gasteiger partial charge in [0, 0.05) is 6.54 Å². The predicted molar refractivity (Wildman–Crippen MR) is 113 cm³/mol. The van der Waals surface area contributed by atoms with Gasteiger partial charge in [-0.25, -0.2) is 0 Å². The molecule has 148 valence electrons. The van der Waals surface area contributed by atoms with Gasteiger partial charge in [-0.1, -0.05) is 83.3 Å². The van der Waals surface area contributed by atoms with Crippen molar-refractivity contribution in [2.45, 2.75) is 96.9 Å². The number of hydrogen-bond donors (Lipinski definition) is 0. The molecule has 0 saturated carbocycles.